The summed E-state index contributed by atoms with van der Waals surface area (Å²) < 4.78 is 6.09. The van der Waals surface area contributed by atoms with Gasteiger partial charge in [-0.25, -0.2) is 0 Å². The molecule has 1 saturated carbocycles. The smallest absolute Gasteiger partial charge is 0.0685 e. The minimum Gasteiger partial charge on any atom is -0.375 e. The molecule has 21 heavy (non-hydrogen) atoms. The van der Waals surface area contributed by atoms with Gasteiger partial charge < -0.3 is 10.1 Å². The molecule has 0 radical (unpaired) electrons. The maximum Gasteiger partial charge on any atom is 0.0685 e. The van der Waals surface area contributed by atoms with E-state index in [0.717, 1.165) is 19.1 Å². The molecule has 1 spiro atoms. The van der Waals surface area contributed by atoms with Crippen molar-refractivity contribution in [2.75, 3.05) is 18.9 Å². The highest BCUT2D eigenvalue weighted by Crippen LogP contribution is 2.45. The second-order valence-corrected chi connectivity index (χ2v) is 7.52. The standard InChI is InChI=1S/C18H27NOS/c1-2-19-17(14-21-16-7-4-3-5-8-16)15-9-12-20-18(13-15)10-6-11-18/h3-5,7-8,15,17,19H,2,6,9-14H2,1H3. The zero-order valence-electron chi connectivity index (χ0n) is 13.0. The van der Waals surface area contributed by atoms with E-state index < -0.39 is 0 Å². The molecule has 2 unspecified atom stereocenters. The van der Waals surface area contributed by atoms with Crippen molar-refractivity contribution in [1.29, 1.82) is 0 Å². The molecule has 1 aromatic carbocycles. The van der Waals surface area contributed by atoms with Gasteiger partial charge in [0.05, 0.1) is 5.60 Å². The van der Waals surface area contributed by atoms with Gasteiger partial charge in [-0.3, -0.25) is 0 Å². The lowest BCUT2D eigenvalue weighted by molar-refractivity contribution is -0.146. The van der Waals surface area contributed by atoms with Crippen LogP contribution in [0.3, 0.4) is 0 Å². The summed E-state index contributed by atoms with van der Waals surface area (Å²) in [6, 6.07) is 11.4. The van der Waals surface area contributed by atoms with Crippen LogP contribution in [0.15, 0.2) is 35.2 Å². The first-order valence-electron chi connectivity index (χ1n) is 8.36. The largest absolute Gasteiger partial charge is 0.375 e. The third-order valence-corrected chi connectivity index (χ3v) is 6.14. The molecule has 1 heterocycles. The van der Waals surface area contributed by atoms with Crippen LogP contribution in [0.1, 0.15) is 39.0 Å². The number of ether oxygens (including phenoxy) is 1. The minimum atomic E-state index is 0.258. The van der Waals surface area contributed by atoms with E-state index in [1.54, 1.807) is 0 Å². The molecule has 1 aromatic rings. The highest BCUT2D eigenvalue weighted by molar-refractivity contribution is 7.99. The third kappa shape index (κ3) is 3.82. The molecule has 1 saturated heterocycles. The van der Waals surface area contributed by atoms with Crippen molar-refractivity contribution in [2.45, 2.75) is 55.6 Å². The van der Waals surface area contributed by atoms with Gasteiger partial charge in [-0.05, 0) is 56.7 Å². The first-order valence-corrected chi connectivity index (χ1v) is 9.35. The fourth-order valence-corrected chi connectivity index (χ4v) is 4.77. The zero-order valence-corrected chi connectivity index (χ0v) is 13.8. The van der Waals surface area contributed by atoms with Gasteiger partial charge in [0.25, 0.3) is 0 Å². The molecule has 3 heteroatoms. The van der Waals surface area contributed by atoms with Gasteiger partial charge in [-0.1, -0.05) is 25.1 Å². The third-order valence-electron chi connectivity index (χ3n) is 5.00. The molecule has 0 bridgehead atoms. The Labute approximate surface area is 133 Å². The van der Waals surface area contributed by atoms with Crippen LogP contribution < -0.4 is 5.32 Å². The average Bonchev–Trinajstić information content (AvgIpc) is 2.51. The average molecular weight is 305 g/mol. The van der Waals surface area contributed by atoms with E-state index in [2.05, 4.69) is 42.6 Å². The number of nitrogens with one attached hydrogen (secondary N) is 1. The van der Waals surface area contributed by atoms with Gasteiger partial charge in [-0.15, -0.1) is 11.8 Å². The van der Waals surface area contributed by atoms with Crippen molar-refractivity contribution in [2.24, 2.45) is 5.92 Å². The molecule has 2 atom stereocenters. The maximum absolute atomic E-state index is 6.09. The summed E-state index contributed by atoms with van der Waals surface area (Å²) >= 11 is 1.98. The molecule has 1 N–H and O–H groups in total. The van der Waals surface area contributed by atoms with Crippen LogP contribution in [-0.2, 0) is 4.74 Å². The molecule has 2 fully saturated rings. The lowest BCUT2D eigenvalue weighted by atomic mass is 9.70. The van der Waals surface area contributed by atoms with E-state index in [-0.39, 0.29) is 5.60 Å². The summed E-state index contributed by atoms with van der Waals surface area (Å²) in [4.78, 5) is 1.38. The molecule has 1 aliphatic heterocycles. The number of hydrogen-bond acceptors (Lipinski definition) is 3. The topological polar surface area (TPSA) is 21.3 Å². The number of benzene rings is 1. The van der Waals surface area contributed by atoms with Gasteiger partial charge in [0.2, 0.25) is 0 Å². The lowest BCUT2D eigenvalue weighted by Crippen LogP contribution is -2.51. The Morgan fingerprint density at radius 1 is 1.33 bits per heavy atom. The van der Waals surface area contributed by atoms with Crippen LogP contribution in [-0.4, -0.2) is 30.5 Å². The molecule has 116 valence electrons. The van der Waals surface area contributed by atoms with Gasteiger partial charge in [-0.2, -0.15) is 0 Å². The Morgan fingerprint density at radius 2 is 2.14 bits per heavy atom. The molecule has 1 aliphatic carbocycles. The SMILES string of the molecule is CCNC(CSc1ccccc1)C1CCOC2(CCC2)C1. The molecule has 3 rings (SSSR count). The summed E-state index contributed by atoms with van der Waals surface area (Å²) in [6.07, 6.45) is 6.41. The van der Waals surface area contributed by atoms with E-state index in [0.29, 0.717) is 6.04 Å². The fourth-order valence-electron chi connectivity index (χ4n) is 3.66. The Kier molecular flexibility index (Phi) is 5.25. The molecule has 0 amide bonds. The van der Waals surface area contributed by atoms with Crippen molar-refractivity contribution >= 4 is 11.8 Å². The van der Waals surface area contributed by atoms with Gasteiger partial charge in [0, 0.05) is 23.3 Å². The molecular formula is C18H27NOS. The fraction of sp³-hybridized carbons (Fsp3) is 0.667. The monoisotopic (exact) mass is 305 g/mol. The summed E-state index contributed by atoms with van der Waals surface area (Å²) in [5.74, 6) is 1.94. The van der Waals surface area contributed by atoms with Crippen molar-refractivity contribution in [3.63, 3.8) is 0 Å². The Balaban J connectivity index is 1.58. The van der Waals surface area contributed by atoms with E-state index in [4.69, 9.17) is 4.74 Å². The van der Waals surface area contributed by atoms with Crippen molar-refractivity contribution in [3.05, 3.63) is 30.3 Å². The summed E-state index contributed by atoms with van der Waals surface area (Å²) in [5, 5.41) is 3.73. The maximum atomic E-state index is 6.09. The molecule has 0 aromatic heterocycles. The van der Waals surface area contributed by atoms with Crippen LogP contribution >= 0.6 is 11.8 Å². The number of hydrogen-bond donors (Lipinski definition) is 1. The van der Waals surface area contributed by atoms with Crippen molar-refractivity contribution in [3.8, 4) is 0 Å². The van der Waals surface area contributed by atoms with Gasteiger partial charge in [0.15, 0.2) is 0 Å². The lowest BCUT2D eigenvalue weighted by Gasteiger charge is -2.49. The normalized spacial score (nSPS) is 25.5. The second-order valence-electron chi connectivity index (χ2n) is 6.43. The summed E-state index contributed by atoms with van der Waals surface area (Å²) in [5.41, 5.74) is 0.258. The van der Waals surface area contributed by atoms with Crippen LogP contribution in [0.5, 0.6) is 0 Å². The van der Waals surface area contributed by atoms with Crippen molar-refractivity contribution in [1.82, 2.24) is 5.32 Å². The Morgan fingerprint density at radius 3 is 2.81 bits per heavy atom. The molecule has 2 nitrogen and oxygen atoms in total. The predicted molar refractivity (Wildman–Crippen MR) is 89.9 cm³/mol. The van der Waals surface area contributed by atoms with Crippen LogP contribution in [0, 0.1) is 5.92 Å². The number of thioether (sulfide) groups is 1. The van der Waals surface area contributed by atoms with Crippen LogP contribution in [0.2, 0.25) is 0 Å². The first kappa shape index (κ1) is 15.4. The van der Waals surface area contributed by atoms with Gasteiger partial charge >= 0.3 is 0 Å². The highest BCUT2D eigenvalue weighted by atomic mass is 32.2. The highest BCUT2D eigenvalue weighted by Gasteiger charge is 2.44. The summed E-state index contributed by atoms with van der Waals surface area (Å²) in [6.45, 7) is 4.24. The quantitative estimate of drug-likeness (QED) is 0.799. The molecular weight excluding hydrogens is 278 g/mol. The predicted octanol–water partition coefficient (Wildman–Crippen LogP) is 4.11. The summed E-state index contributed by atoms with van der Waals surface area (Å²) in [7, 11) is 0. The van der Waals surface area contributed by atoms with Crippen LogP contribution in [0.4, 0.5) is 0 Å². The zero-order chi connectivity index (χ0) is 14.5. The molecule has 2 aliphatic rings. The Bertz CT molecular complexity index is 432. The van der Waals surface area contributed by atoms with Crippen molar-refractivity contribution < 1.29 is 4.74 Å². The Hall–Kier alpha value is -0.510. The second kappa shape index (κ2) is 7.17. The van der Waals surface area contributed by atoms with E-state index >= 15 is 0 Å². The van der Waals surface area contributed by atoms with Gasteiger partial charge in [0.1, 0.15) is 0 Å². The first-order chi connectivity index (χ1) is 10.3. The van der Waals surface area contributed by atoms with E-state index in [1.807, 2.05) is 11.8 Å². The van der Waals surface area contributed by atoms with Crippen LogP contribution in [0.25, 0.3) is 0 Å². The number of rotatable bonds is 6. The van der Waals surface area contributed by atoms with E-state index in [1.165, 1.54) is 42.8 Å². The van der Waals surface area contributed by atoms with E-state index in [9.17, 15) is 0 Å². The minimum absolute atomic E-state index is 0.258.